The van der Waals surface area contributed by atoms with Crippen LogP contribution >= 0.6 is 0 Å². The van der Waals surface area contributed by atoms with Crippen molar-refractivity contribution >= 4 is 17.5 Å². The Morgan fingerprint density at radius 1 is 1.10 bits per heavy atom. The highest BCUT2D eigenvalue weighted by Gasteiger charge is 2.39. The van der Waals surface area contributed by atoms with Crippen LogP contribution in [0.4, 0.5) is 8.78 Å². The van der Waals surface area contributed by atoms with E-state index in [1.54, 1.807) is 25.1 Å². The van der Waals surface area contributed by atoms with Crippen molar-refractivity contribution in [3.05, 3.63) is 42.0 Å². The number of carbonyl (C=O) groups excluding carboxylic acids is 2. The molecular weight excluding hydrogens is 282 g/mol. The van der Waals surface area contributed by atoms with Crippen molar-refractivity contribution in [2.45, 2.75) is 19.8 Å². The van der Waals surface area contributed by atoms with E-state index < -0.39 is 17.9 Å². The Hall–Kier alpha value is -2.24. The normalized spacial score (nSPS) is 11.9. The molecule has 0 aliphatic heterocycles. The van der Waals surface area contributed by atoms with Crippen LogP contribution in [-0.2, 0) is 19.1 Å². The van der Waals surface area contributed by atoms with E-state index >= 15 is 0 Å². The molecular formula is C15H16F2O4. The summed E-state index contributed by atoms with van der Waals surface area (Å²) in [4.78, 5) is 23.1. The van der Waals surface area contributed by atoms with Gasteiger partial charge in [0.05, 0.1) is 18.8 Å². The third-order valence-electron chi connectivity index (χ3n) is 2.45. The lowest BCUT2D eigenvalue weighted by atomic mass is 10.0. The average molecular weight is 298 g/mol. The summed E-state index contributed by atoms with van der Waals surface area (Å²) in [6.45, 7) is 2.83. The summed E-state index contributed by atoms with van der Waals surface area (Å²) in [7, 11) is 0. The molecule has 4 nitrogen and oxygen atoms in total. The van der Waals surface area contributed by atoms with Gasteiger partial charge in [0, 0.05) is 6.08 Å². The number of halogens is 2. The van der Waals surface area contributed by atoms with E-state index in [4.69, 9.17) is 4.74 Å². The molecule has 0 unspecified atom stereocenters. The van der Waals surface area contributed by atoms with Crippen LogP contribution in [0, 0.1) is 0 Å². The Morgan fingerprint density at radius 2 is 1.67 bits per heavy atom. The lowest BCUT2D eigenvalue weighted by Gasteiger charge is -2.13. The molecule has 0 saturated heterocycles. The molecule has 0 saturated carbocycles. The Kier molecular flexibility index (Phi) is 6.02. The van der Waals surface area contributed by atoms with Crippen molar-refractivity contribution < 1.29 is 27.8 Å². The SMILES string of the molecule is CCOC(=O)/C(=C/C(F)(F)C(=O)OCC)c1ccccc1. The van der Waals surface area contributed by atoms with Crippen LogP contribution < -0.4 is 0 Å². The molecule has 0 fully saturated rings. The maximum Gasteiger partial charge on any atom is 0.381 e. The van der Waals surface area contributed by atoms with Crippen molar-refractivity contribution in [3.8, 4) is 0 Å². The summed E-state index contributed by atoms with van der Waals surface area (Å²) in [6, 6.07) is 7.81. The van der Waals surface area contributed by atoms with Crippen LogP contribution in [0.2, 0.25) is 0 Å². The fourth-order valence-corrected chi connectivity index (χ4v) is 1.55. The minimum atomic E-state index is -3.91. The molecule has 21 heavy (non-hydrogen) atoms. The number of rotatable bonds is 6. The first-order valence-electron chi connectivity index (χ1n) is 6.42. The van der Waals surface area contributed by atoms with Gasteiger partial charge in [-0.2, -0.15) is 8.78 Å². The third-order valence-corrected chi connectivity index (χ3v) is 2.45. The highest BCUT2D eigenvalue weighted by molar-refractivity contribution is 6.17. The molecule has 0 aliphatic rings. The Balaban J connectivity index is 3.21. The zero-order chi connectivity index (χ0) is 15.9. The smallest absolute Gasteiger partial charge is 0.381 e. The van der Waals surface area contributed by atoms with Gasteiger partial charge in [-0.1, -0.05) is 30.3 Å². The molecule has 1 aromatic rings. The maximum atomic E-state index is 13.8. The van der Waals surface area contributed by atoms with Gasteiger partial charge in [0.2, 0.25) is 0 Å². The summed E-state index contributed by atoms with van der Waals surface area (Å²) in [5, 5.41) is 0. The summed E-state index contributed by atoms with van der Waals surface area (Å²) in [5.74, 6) is -6.54. The average Bonchev–Trinajstić information content (AvgIpc) is 2.46. The standard InChI is InChI=1S/C15H16F2O4/c1-3-20-13(18)12(11-8-6-5-7-9-11)10-15(16,17)14(19)21-4-2/h5-10H,3-4H2,1-2H3/b12-10+. The fraction of sp³-hybridized carbons (Fsp3) is 0.333. The highest BCUT2D eigenvalue weighted by atomic mass is 19.3. The van der Waals surface area contributed by atoms with E-state index in [0.717, 1.165) is 0 Å². The minimum absolute atomic E-state index is 0.0357. The van der Waals surface area contributed by atoms with Crippen molar-refractivity contribution in [2.75, 3.05) is 13.2 Å². The highest BCUT2D eigenvalue weighted by Crippen LogP contribution is 2.25. The first-order valence-corrected chi connectivity index (χ1v) is 6.42. The van der Waals surface area contributed by atoms with Gasteiger partial charge in [-0.05, 0) is 19.4 Å². The second-order valence-electron chi connectivity index (χ2n) is 3.99. The van der Waals surface area contributed by atoms with E-state index in [-0.39, 0.29) is 30.4 Å². The first kappa shape index (κ1) is 16.8. The quantitative estimate of drug-likeness (QED) is 0.598. The molecule has 0 aliphatic carbocycles. The summed E-state index contributed by atoms with van der Waals surface area (Å²) >= 11 is 0. The van der Waals surface area contributed by atoms with Crippen LogP contribution in [0.3, 0.4) is 0 Å². The van der Waals surface area contributed by atoms with Crippen molar-refractivity contribution in [1.82, 2.24) is 0 Å². The fourth-order valence-electron chi connectivity index (χ4n) is 1.55. The number of hydrogen-bond donors (Lipinski definition) is 0. The summed E-state index contributed by atoms with van der Waals surface area (Å²) < 4.78 is 36.6. The lowest BCUT2D eigenvalue weighted by molar-refractivity contribution is -0.164. The van der Waals surface area contributed by atoms with Gasteiger partial charge in [-0.25, -0.2) is 9.59 Å². The first-order chi connectivity index (χ1) is 9.92. The molecule has 1 rings (SSSR count). The predicted octanol–water partition coefficient (Wildman–Crippen LogP) is 2.83. The molecule has 0 N–H and O–H groups in total. The number of hydrogen-bond acceptors (Lipinski definition) is 4. The monoisotopic (exact) mass is 298 g/mol. The molecule has 114 valence electrons. The second kappa shape index (κ2) is 7.52. The number of alkyl halides is 2. The van der Waals surface area contributed by atoms with Crippen LogP contribution in [0.15, 0.2) is 36.4 Å². The zero-order valence-electron chi connectivity index (χ0n) is 11.8. The van der Waals surface area contributed by atoms with Crippen LogP contribution in [0.5, 0.6) is 0 Å². The minimum Gasteiger partial charge on any atom is -0.462 e. The largest absolute Gasteiger partial charge is 0.462 e. The second-order valence-corrected chi connectivity index (χ2v) is 3.99. The molecule has 1 aromatic carbocycles. The predicted molar refractivity (Wildman–Crippen MR) is 72.6 cm³/mol. The number of esters is 2. The van der Waals surface area contributed by atoms with Gasteiger partial charge in [0.1, 0.15) is 0 Å². The van der Waals surface area contributed by atoms with Crippen molar-refractivity contribution in [2.24, 2.45) is 0 Å². The van der Waals surface area contributed by atoms with Gasteiger partial charge in [0.25, 0.3) is 0 Å². The molecule has 0 bridgehead atoms. The molecule has 0 atom stereocenters. The van der Waals surface area contributed by atoms with E-state index in [9.17, 15) is 18.4 Å². The topological polar surface area (TPSA) is 52.6 Å². The van der Waals surface area contributed by atoms with Crippen molar-refractivity contribution in [1.29, 1.82) is 0 Å². The Morgan fingerprint density at radius 3 is 2.19 bits per heavy atom. The van der Waals surface area contributed by atoms with E-state index in [2.05, 4.69) is 4.74 Å². The molecule has 6 heteroatoms. The lowest BCUT2D eigenvalue weighted by Crippen LogP contribution is -2.29. The number of carbonyl (C=O) groups is 2. The summed E-state index contributed by atoms with van der Waals surface area (Å²) in [6.07, 6.45) is 0.276. The molecule has 0 amide bonds. The maximum absolute atomic E-state index is 13.8. The Bertz CT molecular complexity index is 524. The van der Waals surface area contributed by atoms with E-state index in [1.807, 2.05) is 0 Å². The number of ether oxygens (including phenoxy) is 2. The van der Waals surface area contributed by atoms with E-state index in [1.165, 1.54) is 19.1 Å². The van der Waals surface area contributed by atoms with Crippen LogP contribution in [0.25, 0.3) is 5.57 Å². The zero-order valence-corrected chi connectivity index (χ0v) is 11.8. The molecule has 0 radical (unpaired) electrons. The van der Waals surface area contributed by atoms with Crippen LogP contribution in [0.1, 0.15) is 19.4 Å². The third kappa shape index (κ3) is 4.66. The molecule has 0 heterocycles. The van der Waals surface area contributed by atoms with Crippen molar-refractivity contribution in [3.63, 3.8) is 0 Å². The van der Waals surface area contributed by atoms with Gasteiger partial charge < -0.3 is 9.47 Å². The van der Waals surface area contributed by atoms with Gasteiger partial charge >= 0.3 is 17.9 Å². The van der Waals surface area contributed by atoms with E-state index in [0.29, 0.717) is 0 Å². The van der Waals surface area contributed by atoms with Gasteiger partial charge in [-0.3, -0.25) is 0 Å². The summed E-state index contributed by atoms with van der Waals surface area (Å²) in [5.41, 5.74) is -0.143. The van der Waals surface area contributed by atoms with Gasteiger partial charge in [-0.15, -0.1) is 0 Å². The Labute approximate surface area is 121 Å². The number of benzene rings is 1. The molecule has 0 spiro atoms. The molecule has 0 aromatic heterocycles. The van der Waals surface area contributed by atoms with Gasteiger partial charge in [0.15, 0.2) is 0 Å². The van der Waals surface area contributed by atoms with Crippen LogP contribution in [-0.4, -0.2) is 31.1 Å².